The van der Waals surface area contributed by atoms with Gasteiger partial charge in [0.2, 0.25) is 5.95 Å². The van der Waals surface area contributed by atoms with Gasteiger partial charge in [-0.3, -0.25) is 14.2 Å². The molecule has 0 bridgehead atoms. The molecule has 1 aliphatic heterocycles. The smallest absolute Gasteiger partial charge is 0.293 e. The lowest BCUT2D eigenvalue weighted by molar-refractivity contribution is -0.151. The van der Waals surface area contributed by atoms with Crippen LogP contribution in [0.4, 0.5) is 11.8 Å². The van der Waals surface area contributed by atoms with E-state index in [1.807, 2.05) is 17.8 Å². The Morgan fingerprint density at radius 1 is 1.10 bits per heavy atom. The number of nitrogens with zero attached hydrogens (tertiary/aromatic N) is 7. The molecule has 16 heteroatoms. The molecule has 0 spiro atoms. The molecule has 1 aliphatic rings. The van der Waals surface area contributed by atoms with Crippen molar-refractivity contribution in [3.05, 3.63) is 42.1 Å². The number of hydrogen-bond donors (Lipinski definition) is 3. The van der Waals surface area contributed by atoms with E-state index in [-0.39, 0.29) is 37.0 Å². The summed E-state index contributed by atoms with van der Waals surface area (Å²) in [7, 11) is 1.91. The second-order valence-electron chi connectivity index (χ2n) is 9.80. The number of hydrogen-bond acceptors (Lipinski definition) is 14. The van der Waals surface area contributed by atoms with Crippen molar-refractivity contribution >= 4 is 35.9 Å². The number of ether oxygens (including phenoxy) is 3. The third-order valence-corrected chi connectivity index (χ3v) is 7.08. The molecule has 0 aliphatic carbocycles. The van der Waals surface area contributed by atoms with E-state index in [4.69, 9.17) is 28.7 Å². The predicted octanol–water partition coefficient (Wildman–Crippen LogP) is 1.65. The molecule has 4 aromatic rings. The van der Waals surface area contributed by atoms with Gasteiger partial charge in [-0.15, -0.1) is 0 Å². The highest BCUT2D eigenvalue weighted by atomic mass is 16.6. The van der Waals surface area contributed by atoms with Crippen LogP contribution in [0.2, 0.25) is 0 Å². The summed E-state index contributed by atoms with van der Waals surface area (Å²) in [6.07, 6.45) is 3.36. The van der Waals surface area contributed by atoms with E-state index >= 15 is 0 Å². The van der Waals surface area contributed by atoms with E-state index in [1.165, 1.54) is 12.4 Å². The minimum absolute atomic E-state index is 0.144. The largest absolute Gasteiger partial charge is 0.457 e. The molecule has 0 amide bonds. The van der Waals surface area contributed by atoms with Gasteiger partial charge in [0.25, 0.3) is 12.9 Å². The number of aryl methyl sites for hydroxylation is 1. The van der Waals surface area contributed by atoms with Gasteiger partial charge in [0.05, 0.1) is 25.0 Å². The number of carbonyl (C=O) groups is 2. The fraction of sp³-hybridized carbons (Fsp3) is 0.500. The van der Waals surface area contributed by atoms with E-state index in [9.17, 15) is 14.7 Å². The Labute approximate surface area is 240 Å². The molecule has 4 atom stereocenters. The van der Waals surface area contributed by atoms with E-state index in [2.05, 4.69) is 39.6 Å². The van der Waals surface area contributed by atoms with Crippen LogP contribution in [0.3, 0.4) is 0 Å². The summed E-state index contributed by atoms with van der Waals surface area (Å²) in [5, 5.41) is 19.9. The highest BCUT2D eigenvalue weighted by Gasteiger charge is 2.51. The summed E-state index contributed by atoms with van der Waals surface area (Å²) in [6.45, 7) is 4.81. The van der Waals surface area contributed by atoms with E-state index < -0.39 is 24.5 Å². The standard InChI is InChI=1S/C26H33N9O7/c1-4-15(5-2)30-23-19-24(32-26(31-23)27-7-6-16-9-34(3)11-28-16)35(12-29-19)25-22(40-14-38)21(39-13-37)20(41-25)18-8-17(10-36)33-42-18/h8-9,11-15,20-22,25,36H,4-7,10H2,1-3H3,(H2,27,30,31,32)/t20-,21-,22-,25-/m1/s1. The first-order chi connectivity index (χ1) is 20.5. The first-order valence-electron chi connectivity index (χ1n) is 13.6. The molecular weight excluding hydrogens is 550 g/mol. The monoisotopic (exact) mass is 583 g/mol. The van der Waals surface area contributed by atoms with Crippen LogP contribution in [-0.4, -0.2) is 77.1 Å². The van der Waals surface area contributed by atoms with E-state index in [1.54, 1.807) is 10.9 Å². The maximum absolute atomic E-state index is 11.5. The second-order valence-corrected chi connectivity index (χ2v) is 9.80. The Bertz CT molecular complexity index is 1500. The number of nitrogens with one attached hydrogen (secondary N) is 2. The van der Waals surface area contributed by atoms with Gasteiger partial charge in [-0.1, -0.05) is 19.0 Å². The van der Waals surface area contributed by atoms with Crippen molar-refractivity contribution in [1.29, 1.82) is 0 Å². The molecular formula is C26H33N9O7. The highest BCUT2D eigenvalue weighted by molar-refractivity contribution is 5.84. The van der Waals surface area contributed by atoms with Gasteiger partial charge >= 0.3 is 0 Å². The molecule has 1 fully saturated rings. The number of aliphatic hydroxyl groups excluding tert-OH is 1. The van der Waals surface area contributed by atoms with Gasteiger partial charge in [0, 0.05) is 38.3 Å². The van der Waals surface area contributed by atoms with E-state index in [0.717, 1.165) is 18.5 Å². The average Bonchev–Trinajstić information content (AvgIpc) is 3.79. The Morgan fingerprint density at radius 3 is 2.55 bits per heavy atom. The quantitative estimate of drug-likeness (QED) is 0.171. The van der Waals surface area contributed by atoms with Gasteiger partial charge in [-0.2, -0.15) is 9.97 Å². The van der Waals surface area contributed by atoms with Crippen LogP contribution in [0.25, 0.3) is 11.2 Å². The Kier molecular flexibility index (Phi) is 8.92. The lowest BCUT2D eigenvalue weighted by Crippen LogP contribution is -2.34. The van der Waals surface area contributed by atoms with Gasteiger partial charge in [-0.05, 0) is 12.8 Å². The van der Waals surface area contributed by atoms with Gasteiger partial charge in [0.1, 0.15) is 5.69 Å². The number of aromatic nitrogens is 7. The first-order valence-corrected chi connectivity index (χ1v) is 13.6. The summed E-state index contributed by atoms with van der Waals surface area (Å²) in [5.41, 5.74) is 2.05. The lowest BCUT2D eigenvalue weighted by atomic mass is 10.1. The van der Waals surface area contributed by atoms with Gasteiger partial charge < -0.3 is 39.0 Å². The fourth-order valence-corrected chi connectivity index (χ4v) is 4.92. The Balaban J connectivity index is 1.52. The number of imidazole rings is 2. The summed E-state index contributed by atoms with van der Waals surface area (Å²) < 4.78 is 25.8. The molecule has 42 heavy (non-hydrogen) atoms. The zero-order valence-corrected chi connectivity index (χ0v) is 23.4. The minimum atomic E-state index is -1.09. The van der Waals surface area contributed by atoms with Crippen LogP contribution in [0.5, 0.6) is 0 Å². The molecule has 3 N–H and O–H groups in total. The minimum Gasteiger partial charge on any atom is -0.457 e. The molecule has 4 aromatic heterocycles. The van der Waals surface area contributed by atoms with Crippen LogP contribution in [0, 0.1) is 0 Å². The molecule has 5 heterocycles. The van der Waals surface area contributed by atoms with Crippen LogP contribution in [0.1, 0.15) is 56.2 Å². The second kappa shape index (κ2) is 12.9. The van der Waals surface area contributed by atoms with Crippen LogP contribution in [-0.2, 0) is 43.9 Å². The maximum Gasteiger partial charge on any atom is 0.293 e. The van der Waals surface area contributed by atoms with Crippen molar-refractivity contribution in [2.24, 2.45) is 7.05 Å². The fourth-order valence-electron chi connectivity index (χ4n) is 4.92. The number of aliphatic hydroxyl groups is 1. The van der Waals surface area contributed by atoms with Crippen molar-refractivity contribution in [1.82, 2.24) is 34.2 Å². The lowest BCUT2D eigenvalue weighted by Gasteiger charge is -2.21. The van der Waals surface area contributed by atoms with Crippen molar-refractivity contribution in [3.8, 4) is 0 Å². The molecule has 224 valence electrons. The van der Waals surface area contributed by atoms with Gasteiger partial charge in [0.15, 0.2) is 47.3 Å². The average molecular weight is 584 g/mol. The molecule has 16 nitrogen and oxygen atoms in total. The third kappa shape index (κ3) is 5.89. The molecule has 0 aromatic carbocycles. The number of rotatable bonds is 15. The zero-order chi connectivity index (χ0) is 29.6. The number of carbonyl (C=O) groups excluding carboxylic acids is 2. The van der Waals surface area contributed by atoms with E-state index in [0.29, 0.717) is 35.9 Å². The molecule has 1 saturated heterocycles. The van der Waals surface area contributed by atoms with Crippen LogP contribution < -0.4 is 10.6 Å². The van der Waals surface area contributed by atoms with Crippen molar-refractivity contribution in [3.63, 3.8) is 0 Å². The van der Waals surface area contributed by atoms with Crippen LogP contribution in [0.15, 0.2) is 29.4 Å². The highest BCUT2D eigenvalue weighted by Crippen LogP contribution is 2.43. The Morgan fingerprint density at radius 2 is 1.88 bits per heavy atom. The number of fused-ring (bicyclic) bond motifs is 1. The van der Waals surface area contributed by atoms with Crippen molar-refractivity contribution in [2.75, 3.05) is 17.2 Å². The molecule has 0 radical (unpaired) electrons. The number of anilines is 2. The van der Waals surface area contributed by atoms with Crippen LogP contribution >= 0.6 is 0 Å². The molecule has 5 rings (SSSR count). The molecule has 0 unspecified atom stereocenters. The first kappa shape index (κ1) is 28.9. The molecule has 0 saturated carbocycles. The summed E-state index contributed by atoms with van der Waals surface area (Å²) >= 11 is 0. The zero-order valence-electron chi connectivity index (χ0n) is 23.4. The summed E-state index contributed by atoms with van der Waals surface area (Å²) in [5.74, 6) is 1.05. The third-order valence-electron chi connectivity index (χ3n) is 7.08. The summed E-state index contributed by atoms with van der Waals surface area (Å²) in [4.78, 5) is 41.3. The summed E-state index contributed by atoms with van der Waals surface area (Å²) in [6, 6.07) is 1.62. The topological polar surface area (TPSA) is 194 Å². The predicted molar refractivity (Wildman–Crippen MR) is 146 cm³/mol. The SMILES string of the molecule is CCC(CC)Nc1nc(NCCc2cn(C)cn2)nc2c1ncn2[C@@H]1O[C@H](c2cc(CO)no2)[C@@H](OC=O)[C@H]1OC=O. The Hall–Kier alpha value is -4.57. The van der Waals surface area contributed by atoms with Gasteiger partial charge in [-0.25, -0.2) is 9.97 Å². The van der Waals surface area contributed by atoms with Crippen molar-refractivity contribution in [2.45, 2.75) is 70.3 Å². The maximum atomic E-state index is 11.5. The normalized spacial score (nSPS) is 20.2. The van der Waals surface area contributed by atoms with Crippen molar-refractivity contribution < 1.29 is 33.4 Å².